The highest BCUT2D eigenvalue weighted by Crippen LogP contribution is 2.26. The lowest BCUT2D eigenvalue weighted by atomic mass is 9.92. The predicted molar refractivity (Wildman–Crippen MR) is 68.4 cm³/mol. The van der Waals surface area contributed by atoms with Gasteiger partial charge in [-0.1, -0.05) is 32.4 Å². The topological polar surface area (TPSA) is 38.0 Å². The number of nitrogens with one attached hydrogen (secondary N) is 1. The highest BCUT2D eigenvalue weighted by molar-refractivity contribution is 6.31. The van der Waals surface area contributed by atoms with Crippen molar-refractivity contribution in [2.24, 2.45) is 5.41 Å². The molecule has 0 fully saturated rings. The molecule has 1 rings (SSSR count). The molecule has 0 amide bonds. The Balaban J connectivity index is 2.64. The summed E-state index contributed by atoms with van der Waals surface area (Å²) in [5.74, 6) is -0.450. The number of hydrogen-bond acceptors (Lipinski definition) is 2. The second-order valence-electron chi connectivity index (χ2n) is 5.09. The van der Waals surface area contributed by atoms with Gasteiger partial charge in [0.2, 0.25) is 0 Å². The summed E-state index contributed by atoms with van der Waals surface area (Å²) in [5.41, 5.74) is 7.04. The number of benzene rings is 1. The average molecular weight is 245 g/mol. The van der Waals surface area contributed by atoms with Gasteiger partial charge in [-0.15, -0.1) is 0 Å². The fourth-order valence-electron chi connectivity index (χ4n) is 1.29. The van der Waals surface area contributed by atoms with E-state index in [-0.39, 0.29) is 10.4 Å². The first-order valence-corrected chi connectivity index (χ1v) is 5.66. The molecule has 0 radical (unpaired) electrons. The first-order valence-electron chi connectivity index (χ1n) is 5.28. The maximum absolute atomic E-state index is 13.2. The number of rotatable bonds is 3. The molecule has 2 nitrogen and oxygen atoms in total. The van der Waals surface area contributed by atoms with Crippen LogP contribution in [0.5, 0.6) is 0 Å². The van der Waals surface area contributed by atoms with Crippen molar-refractivity contribution >= 4 is 23.0 Å². The lowest BCUT2D eigenvalue weighted by Crippen LogP contribution is -2.13. The molecule has 0 spiro atoms. The molecule has 0 unspecified atom stereocenters. The molecule has 0 aliphatic heterocycles. The van der Waals surface area contributed by atoms with Crippen LogP contribution in [0.1, 0.15) is 27.2 Å². The van der Waals surface area contributed by atoms with E-state index in [1.807, 2.05) is 0 Å². The average Bonchev–Trinajstić information content (AvgIpc) is 2.11. The van der Waals surface area contributed by atoms with Crippen LogP contribution in [-0.4, -0.2) is 6.54 Å². The van der Waals surface area contributed by atoms with Crippen LogP contribution in [0.4, 0.5) is 15.8 Å². The van der Waals surface area contributed by atoms with Crippen LogP contribution in [0.15, 0.2) is 12.1 Å². The van der Waals surface area contributed by atoms with Crippen molar-refractivity contribution in [3.8, 4) is 0 Å². The number of nitrogens with two attached hydrogens (primary N) is 1. The molecule has 1 aromatic carbocycles. The fourth-order valence-corrected chi connectivity index (χ4v) is 1.46. The number of hydrogen-bond donors (Lipinski definition) is 2. The Kier molecular flexibility index (Phi) is 4.03. The summed E-state index contributed by atoms with van der Waals surface area (Å²) in [4.78, 5) is 0. The fraction of sp³-hybridized carbons (Fsp3) is 0.500. The van der Waals surface area contributed by atoms with Crippen LogP contribution in [0.2, 0.25) is 5.02 Å². The predicted octanol–water partition coefficient (Wildman–Crippen LogP) is 3.91. The number of anilines is 2. The molecule has 1 aromatic rings. The minimum Gasteiger partial charge on any atom is -0.397 e. The zero-order valence-electron chi connectivity index (χ0n) is 9.90. The van der Waals surface area contributed by atoms with Crippen molar-refractivity contribution in [2.75, 3.05) is 17.6 Å². The SMILES string of the molecule is CC(C)(C)CCNc1cc(F)c(Cl)cc1N. The van der Waals surface area contributed by atoms with Crippen LogP contribution in [0.3, 0.4) is 0 Å². The Labute approximate surface area is 101 Å². The van der Waals surface area contributed by atoms with Crippen molar-refractivity contribution in [3.63, 3.8) is 0 Å². The first-order chi connectivity index (χ1) is 7.29. The normalized spacial score (nSPS) is 11.6. The van der Waals surface area contributed by atoms with E-state index in [2.05, 4.69) is 26.1 Å². The second-order valence-corrected chi connectivity index (χ2v) is 5.50. The van der Waals surface area contributed by atoms with Gasteiger partial charge in [-0.25, -0.2) is 4.39 Å². The van der Waals surface area contributed by atoms with E-state index in [9.17, 15) is 4.39 Å². The van der Waals surface area contributed by atoms with Crippen molar-refractivity contribution in [1.82, 2.24) is 0 Å². The summed E-state index contributed by atoms with van der Waals surface area (Å²) >= 11 is 5.61. The molecule has 0 aliphatic rings. The van der Waals surface area contributed by atoms with Gasteiger partial charge in [0.25, 0.3) is 0 Å². The second kappa shape index (κ2) is 4.91. The Morgan fingerprint density at radius 1 is 1.38 bits per heavy atom. The summed E-state index contributed by atoms with van der Waals surface area (Å²) in [5, 5.41) is 3.17. The van der Waals surface area contributed by atoms with Gasteiger partial charge in [0.1, 0.15) is 5.82 Å². The van der Waals surface area contributed by atoms with Crippen molar-refractivity contribution in [1.29, 1.82) is 0 Å². The van der Waals surface area contributed by atoms with Crippen molar-refractivity contribution in [3.05, 3.63) is 23.0 Å². The zero-order valence-corrected chi connectivity index (χ0v) is 10.7. The molecule has 90 valence electrons. The summed E-state index contributed by atoms with van der Waals surface area (Å²) in [6, 6.07) is 2.76. The lowest BCUT2D eigenvalue weighted by molar-refractivity contribution is 0.390. The third-order valence-electron chi connectivity index (χ3n) is 2.28. The van der Waals surface area contributed by atoms with Gasteiger partial charge in [0.05, 0.1) is 16.4 Å². The minimum absolute atomic E-state index is 0.0545. The molecule has 16 heavy (non-hydrogen) atoms. The van der Waals surface area contributed by atoms with Crippen LogP contribution in [0, 0.1) is 11.2 Å². The van der Waals surface area contributed by atoms with E-state index in [0.29, 0.717) is 11.4 Å². The maximum atomic E-state index is 13.2. The molecule has 3 N–H and O–H groups in total. The van der Waals surface area contributed by atoms with Gasteiger partial charge < -0.3 is 11.1 Å². The van der Waals surface area contributed by atoms with E-state index < -0.39 is 5.82 Å². The van der Waals surface area contributed by atoms with Gasteiger partial charge in [-0.05, 0) is 17.9 Å². The molecule has 0 aliphatic carbocycles. The summed E-state index contributed by atoms with van der Waals surface area (Å²) < 4.78 is 13.2. The van der Waals surface area contributed by atoms with Gasteiger partial charge in [-0.3, -0.25) is 0 Å². The van der Waals surface area contributed by atoms with Gasteiger partial charge in [0, 0.05) is 12.6 Å². The van der Waals surface area contributed by atoms with Crippen LogP contribution < -0.4 is 11.1 Å². The third kappa shape index (κ3) is 3.89. The van der Waals surface area contributed by atoms with Gasteiger partial charge >= 0.3 is 0 Å². The van der Waals surface area contributed by atoms with Crippen LogP contribution in [-0.2, 0) is 0 Å². The Morgan fingerprint density at radius 3 is 2.56 bits per heavy atom. The summed E-state index contributed by atoms with van der Waals surface area (Å²) in [6.07, 6.45) is 0.983. The van der Waals surface area contributed by atoms with Gasteiger partial charge in [-0.2, -0.15) is 0 Å². The Bertz CT molecular complexity index is 372. The minimum atomic E-state index is -0.450. The van der Waals surface area contributed by atoms with Crippen LogP contribution >= 0.6 is 11.6 Å². The van der Waals surface area contributed by atoms with E-state index in [1.54, 1.807) is 0 Å². The number of nitrogen functional groups attached to an aromatic ring is 1. The largest absolute Gasteiger partial charge is 0.397 e. The molecule has 0 bridgehead atoms. The smallest absolute Gasteiger partial charge is 0.143 e. The molecule has 4 heteroatoms. The highest BCUT2D eigenvalue weighted by Gasteiger charge is 2.10. The number of halogens is 2. The lowest BCUT2D eigenvalue weighted by Gasteiger charge is -2.19. The van der Waals surface area contributed by atoms with E-state index in [0.717, 1.165) is 13.0 Å². The van der Waals surface area contributed by atoms with Crippen molar-refractivity contribution < 1.29 is 4.39 Å². The van der Waals surface area contributed by atoms with Crippen molar-refractivity contribution in [2.45, 2.75) is 27.2 Å². The summed E-state index contributed by atoms with van der Waals surface area (Å²) in [6.45, 7) is 7.22. The first kappa shape index (κ1) is 13.1. The molecular formula is C12H18ClFN2. The molecule has 0 saturated heterocycles. The third-order valence-corrected chi connectivity index (χ3v) is 2.57. The molecular weight excluding hydrogens is 227 g/mol. The zero-order chi connectivity index (χ0) is 12.3. The van der Waals surface area contributed by atoms with E-state index in [1.165, 1.54) is 12.1 Å². The maximum Gasteiger partial charge on any atom is 0.143 e. The van der Waals surface area contributed by atoms with E-state index in [4.69, 9.17) is 17.3 Å². The van der Waals surface area contributed by atoms with E-state index >= 15 is 0 Å². The highest BCUT2D eigenvalue weighted by atomic mass is 35.5. The molecule has 0 saturated carbocycles. The molecule has 0 atom stereocenters. The monoisotopic (exact) mass is 244 g/mol. The molecule has 0 heterocycles. The standard InChI is InChI=1S/C12H18ClFN2/c1-12(2,3)4-5-16-11-7-9(14)8(13)6-10(11)15/h6-7,16H,4-5,15H2,1-3H3. The quantitative estimate of drug-likeness (QED) is 0.792. The summed E-state index contributed by atoms with van der Waals surface area (Å²) in [7, 11) is 0. The molecule has 0 aromatic heterocycles. The Morgan fingerprint density at radius 2 is 2.00 bits per heavy atom. The van der Waals surface area contributed by atoms with Crippen LogP contribution in [0.25, 0.3) is 0 Å². The van der Waals surface area contributed by atoms with Gasteiger partial charge in [0.15, 0.2) is 0 Å². The Hall–Kier alpha value is -0.960.